The summed E-state index contributed by atoms with van der Waals surface area (Å²) < 4.78 is 26.9. The van der Waals surface area contributed by atoms with Gasteiger partial charge in [0.05, 0.1) is 21.0 Å². The number of fused-ring (bicyclic) bond motifs is 1. The molecule has 0 radical (unpaired) electrons. The first-order chi connectivity index (χ1) is 8.96. The summed E-state index contributed by atoms with van der Waals surface area (Å²) in [6, 6.07) is 7.89. The maximum atomic E-state index is 11.6. The van der Waals surface area contributed by atoms with Crippen molar-refractivity contribution in [1.82, 2.24) is 9.71 Å². The zero-order valence-electron chi connectivity index (χ0n) is 10.7. The summed E-state index contributed by atoms with van der Waals surface area (Å²) in [6.07, 6.45) is 0.606. The van der Waals surface area contributed by atoms with Crippen molar-refractivity contribution in [2.24, 2.45) is 0 Å². The van der Waals surface area contributed by atoms with Gasteiger partial charge in [0.2, 0.25) is 10.0 Å². The summed E-state index contributed by atoms with van der Waals surface area (Å²) in [5.74, 6) is -0.0210. The van der Waals surface area contributed by atoms with Gasteiger partial charge in [-0.1, -0.05) is 24.3 Å². The van der Waals surface area contributed by atoms with Gasteiger partial charge >= 0.3 is 0 Å². The van der Waals surface area contributed by atoms with Crippen molar-refractivity contribution in [2.75, 3.05) is 12.3 Å². The Bertz CT molecular complexity index is 656. The average molecular weight is 296 g/mol. The molecule has 0 aliphatic heterocycles. The van der Waals surface area contributed by atoms with E-state index in [-0.39, 0.29) is 5.75 Å². The van der Waals surface area contributed by atoms with Crippen molar-refractivity contribution in [3.05, 3.63) is 41.4 Å². The molecule has 0 atom stereocenters. The fraction of sp³-hybridized carbons (Fsp3) is 0.308. The van der Waals surface area contributed by atoms with Crippen molar-refractivity contribution in [1.29, 1.82) is 0 Å². The molecule has 0 aliphatic carbocycles. The second-order valence-corrected chi connectivity index (χ2v) is 7.36. The lowest BCUT2D eigenvalue weighted by molar-refractivity contribution is 0.584. The summed E-state index contributed by atoms with van der Waals surface area (Å²) in [6.45, 7) is 5.68. The molecule has 1 aromatic heterocycles. The molecule has 19 heavy (non-hydrogen) atoms. The minimum absolute atomic E-state index is 0.0210. The van der Waals surface area contributed by atoms with E-state index in [1.54, 1.807) is 18.3 Å². The van der Waals surface area contributed by atoms with Gasteiger partial charge in [-0.15, -0.1) is 11.3 Å². The number of benzene rings is 1. The van der Waals surface area contributed by atoms with Crippen LogP contribution in [0, 0.1) is 0 Å². The van der Waals surface area contributed by atoms with Crippen LogP contribution in [0.15, 0.2) is 36.4 Å². The summed E-state index contributed by atoms with van der Waals surface area (Å²) in [5.41, 5.74) is 1.60. The third-order valence-electron chi connectivity index (χ3n) is 2.44. The van der Waals surface area contributed by atoms with Crippen molar-refractivity contribution < 1.29 is 8.42 Å². The Morgan fingerprint density at radius 2 is 2.16 bits per heavy atom. The van der Waals surface area contributed by atoms with Gasteiger partial charge in [-0.05, 0) is 19.1 Å². The van der Waals surface area contributed by atoms with Gasteiger partial charge in [0, 0.05) is 13.0 Å². The number of para-hydroxylation sites is 1. The predicted octanol–water partition coefficient (Wildman–Crippen LogP) is 2.33. The lowest BCUT2D eigenvalue weighted by Gasteiger charge is -2.04. The van der Waals surface area contributed by atoms with Crippen LogP contribution < -0.4 is 4.72 Å². The minimum atomic E-state index is -3.25. The van der Waals surface area contributed by atoms with E-state index in [0.717, 1.165) is 15.2 Å². The van der Waals surface area contributed by atoms with Crippen molar-refractivity contribution in [3.63, 3.8) is 0 Å². The van der Waals surface area contributed by atoms with Crippen LogP contribution in [0.25, 0.3) is 10.2 Å². The van der Waals surface area contributed by atoms with Gasteiger partial charge in [0.1, 0.15) is 0 Å². The van der Waals surface area contributed by atoms with Crippen LogP contribution in [0.3, 0.4) is 0 Å². The fourth-order valence-electron chi connectivity index (χ4n) is 1.72. The molecule has 4 nitrogen and oxygen atoms in total. The predicted molar refractivity (Wildman–Crippen MR) is 79.9 cm³/mol. The molecule has 0 spiro atoms. The van der Waals surface area contributed by atoms with E-state index in [2.05, 4.69) is 16.3 Å². The third-order valence-corrected chi connectivity index (χ3v) is 5.05. The smallest absolute Gasteiger partial charge is 0.215 e. The summed E-state index contributed by atoms with van der Waals surface area (Å²) in [7, 11) is -3.25. The Balaban J connectivity index is 1.94. The van der Waals surface area contributed by atoms with Gasteiger partial charge < -0.3 is 0 Å². The lowest BCUT2D eigenvalue weighted by Crippen LogP contribution is -2.28. The number of nitrogens with zero attached hydrogens (tertiary/aromatic N) is 1. The second-order valence-electron chi connectivity index (χ2n) is 4.44. The van der Waals surface area contributed by atoms with Crippen LogP contribution >= 0.6 is 11.3 Å². The number of sulfonamides is 1. The van der Waals surface area contributed by atoms with Crippen LogP contribution in [-0.2, 0) is 16.4 Å². The highest BCUT2D eigenvalue weighted by Crippen LogP contribution is 2.21. The van der Waals surface area contributed by atoms with Gasteiger partial charge in [0.15, 0.2) is 0 Å². The first kappa shape index (κ1) is 14.2. The highest BCUT2D eigenvalue weighted by molar-refractivity contribution is 7.89. The Labute approximate surface area is 117 Å². The van der Waals surface area contributed by atoms with Crippen molar-refractivity contribution in [3.8, 4) is 0 Å². The Hall–Kier alpha value is -1.24. The molecule has 0 fully saturated rings. The highest BCUT2D eigenvalue weighted by Gasteiger charge is 2.10. The van der Waals surface area contributed by atoms with Crippen molar-refractivity contribution in [2.45, 2.75) is 13.3 Å². The van der Waals surface area contributed by atoms with E-state index in [1.807, 2.05) is 24.3 Å². The largest absolute Gasteiger partial charge is 0.241 e. The summed E-state index contributed by atoms with van der Waals surface area (Å²) >= 11 is 1.60. The molecule has 0 saturated heterocycles. The lowest BCUT2D eigenvalue weighted by atomic mass is 10.3. The molecule has 102 valence electrons. The molecule has 0 saturated carbocycles. The zero-order valence-corrected chi connectivity index (χ0v) is 12.4. The minimum Gasteiger partial charge on any atom is -0.241 e. The van der Waals surface area contributed by atoms with E-state index in [4.69, 9.17) is 0 Å². The van der Waals surface area contributed by atoms with Crippen molar-refractivity contribution >= 4 is 31.6 Å². The molecular weight excluding hydrogens is 280 g/mol. The maximum absolute atomic E-state index is 11.6. The van der Waals surface area contributed by atoms with Crippen LogP contribution in [0.5, 0.6) is 0 Å². The number of aromatic nitrogens is 1. The quantitative estimate of drug-likeness (QED) is 0.832. The highest BCUT2D eigenvalue weighted by atomic mass is 32.2. The number of thiazole rings is 1. The van der Waals surface area contributed by atoms with Crippen LogP contribution in [0.1, 0.15) is 11.9 Å². The zero-order chi connectivity index (χ0) is 13.9. The van der Waals surface area contributed by atoms with E-state index in [0.29, 0.717) is 18.5 Å². The molecule has 2 aromatic rings. The number of hydrogen-bond acceptors (Lipinski definition) is 4. The van der Waals surface area contributed by atoms with Crippen LogP contribution in [0.4, 0.5) is 0 Å². The Morgan fingerprint density at radius 3 is 2.84 bits per heavy atom. The molecule has 1 N–H and O–H groups in total. The van der Waals surface area contributed by atoms with Gasteiger partial charge in [-0.2, -0.15) is 0 Å². The SMILES string of the molecule is C=C(C)CS(=O)(=O)NCCc1nc2ccccc2s1. The second kappa shape index (κ2) is 5.81. The average Bonchev–Trinajstić information content (AvgIpc) is 2.69. The Kier molecular flexibility index (Phi) is 4.34. The number of hydrogen-bond donors (Lipinski definition) is 1. The number of nitrogens with one attached hydrogen (secondary N) is 1. The normalized spacial score (nSPS) is 11.8. The topological polar surface area (TPSA) is 59.1 Å². The third kappa shape index (κ3) is 4.12. The first-order valence-electron chi connectivity index (χ1n) is 5.92. The van der Waals surface area contributed by atoms with E-state index in [9.17, 15) is 8.42 Å². The van der Waals surface area contributed by atoms with E-state index in [1.165, 1.54) is 0 Å². The van der Waals surface area contributed by atoms with E-state index < -0.39 is 10.0 Å². The molecular formula is C13H16N2O2S2. The molecule has 6 heteroatoms. The molecule has 0 aliphatic rings. The van der Waals surface area contributed by atoms with Gasteiger partial charge in [0.25, 0.3) is 0 Å². The molecule has 1 heterocycles. The molecule has 0 unspecified atom stereocenters. The monoisotopic (exact) mass is 296 g/mol. The van der Waals surface area contributed by atoms with Gasteiger partial charge in [-0.3, -0.25) is 0 Å². The molecule has 1 aromatic carbocycles. The molecule has 0 amide bonds. The summed E-state index contributed by atoms with van der Waals surface area (Å²) in [4.78, 5) is 4.46. The van der Waals surface area contributed by atoms with Crippen LogP contribution in [0.2, 0.25) is 0 Å². The molecule has 2 rings (SSSR count). The van der Waals surface area contributed by atoms with Crippen LogP contribution in [-0.4, -0.2) is 25.7 Å². The van der Waals surface area contributed by atoms with E-state index >= 15 is 0 Å². The Morgan fingerprint density at radius 1 is 1.42 bits per heavy atom. The maximum Gasteiger partial charge on any atom is 0.215 e. The summed E-state index contributed by atoms with van der Waals surface area (Å²) in [5, 5.41) is 0.944. The molecule has 0 bridgehead atoms. The fourth-order valence-corrected chi connectivity index (χ4v) is 3.85. The van der Waals surface area contributed by atoms with Gasteiger partial charge in [-0.25, -0.2) is 18.1 Å². The first-order valence-corrected chi connectivity index (χ1v) is 8.39. The standard InChI is InChI=1S/C13H16N2O2S2/c1-10(2)9-19(16,17)14-8-7-13-15-11-5-3-4-6-12(11)18-13/h3-6,14H,1,7-9H2,2H3. The number of rotatable bonds is 6.